The molecule has 68 valence electrons. The molecule has 1 unspecified atom stereocenters. The van der Waals surface area contributed by atoms with Gasteiger partial charge in [-0.3, -0.25) is 0 Å². The number of nitrogens with zero attached hydrogens (tertiary/aromatic N) is 3. The molecule has 4 nitrogen and oxygen atoms in total. The minimum absolute atomic E-state index is 0.277. The van der Waals surface area contributed by atoms with Crippen LogP contribution in [-0.2, 0) is 6.54 Å². The van der Waals surface area contributed by atoms with Crippen LogP contribution in [0.25, 0.3) is 0 Å². The predicted octanol–water partition coefficient (Wildman–Crippen LogP) is 0.968. The molecule has 4 heteroatoms. The van der Waals surface area contributed by atoms with Crippen molar-refractivity contribution < 1.29 is 0 Å². The zero-order valence-corrected chi connectivity index (χ0v) is 7.91. The van der Waals surface area contributed by atoms with E-state index in [4.69, 9.17) is 0 Å². The van der Waals surface area contributed by atoms with E-state index in [1.165, 1.54) is 0 Å². The molecule has 0 saturated heterocycles. The highest BCUT2D eigenvalue weighted by atomic mass is 15.3. The van der Waals surface area contributed by atoms with Gasteiger partial charge < -0.3 is 9.88 Å². The highest BCUT2D eigenvalue weighted by Gasteiger charge is 2.09. The Kier molecular flexibility index (Phi) is 3.22. The standard InChI is InChI=1S/C8H16N4/c1-4-5-12-6-10-11-8(12)7(2)9-3/h6-7,9H,4-5H2,1-3H3. The average molecular weight is 168 g/mol. The van der Waals surface area contributed by atoms with E-state index < -0.39 is 0 Å². The summed E-state index contributed by atoms with van der Waals surface area (Å²) in [7, 11) is 1.93. The van der Waals surface area contributed by atoms with E-state index in [-0.39, 0.29) is 6.04 Å². The SMILES string of the molecule is CCCn1cnnc1C(C)NC. The molecular formula is C8H16N4. The lowest BCUT2D eigenvalue weighted by Gasteiger charge is -2.10. The first-order chi connectivity index (χ1) is 5.79. The van der Waals surface area contributed by atoms with Crippen molar-refractivity contribution in [1.82, 2.24) is 20.1 Å². The maximum absolute atomic E-state index is 4.06. The van der Waals surface area contributed by atoms with Gasteiger partial charge in [0.05, 0.1) is 6.04 Å². The third-order valence-electron chi connectivity index (χ3n) is 1.93. The summed E-state index contributed by atoms with van der Waals surface area (Å²) in [5.41, 5.74) is 0. The maximum Gasteiger partial charge on any atom is 0.149 e. The number of rotatable bonds is 4. The van der Waals surface area contributed by atoms with E-state index in [2.05, 4.69) is 33.9 Å². The van der Waals surface area contributed by atoms with Crippen LogP contribution in [0.3, 0.4) is 0 Å². The molecule has 1 atom stereocenters. The highest BCUT2D eigenvalue weighted by molar-refractivity contribution is 4.92. The molecule has 0 bridgehead atoms. The topological polar surface area (TPSA) is 42.7 Å². The van der Waals surface area contributed by atoms with Crippen LogP contribution in [0.5, 0.6) is 0 Å². The number of aromatic nitrogens is 3. The number of hydrogen-bond acceptors (Lipinski definition) is 3. The molecule has 0 aliphatic heterocycles. The van der Waals surface area contributed by atoms with E-state index in [1.807, 2.05) is 7.05 Å². The lowest BCUT2D eigenvalue weighted by atomic mass is 10.3. The summed E-state index contributed by atoms with van der Waals surface area (Å²) in [6, 6.07) is 0.277. The zero-order valence-electron chi connectivity index (χ0n) is 7.91. The average Bonchev–Trinajstić information content (AvgIpc) is 2.52. The number of aryl methyl sites for hydroxylation is 1. The van der Waals surface area contributed by atoms with Gasteiger partial charge in [0, 0.05) is 6.54 Å². The molecule has 0 fully saturated rings. The molecule has 0 aromatic carbocycles. The van der Waals surface area contributed by atoms with Crippen LogP contribution < -0.4 is 5.32 Å². The molecule has 1 heterocycles. The van der Waals surface area contributed by atoms with Crippen molar-refractivity contribution >= 4 is 0 Å². The zero-order chi connectivity index (χ0) is 8.97. The van der Waals surface area contributed by atoms with Crippen molar-refractivity contribution in [3.05, 3.63) is 12.2 Å². The smallest absolute Gasteiger partial charge is 0.149 e. The Bertz CT molecular complexity index is 231. The monoisotopic (exact) mass is 168 g/mol. The van der Waals surface area contributed by atoms with Crippen molar-refractivity contribution in [3.63, 3.8) is 0 Å². The van der Waals surface area contributed by atoms with Gasteiger partial charge in [-0.2, -0.15) is 0 Å². The number of nitrogens with one attached hydrogen (secondary N) is 1. The first-order valence-electron chi connectivity index (χ1n) is 4.34. The van der Waals surface area contributed by atoms with Gasteiger partial charge >= 0.3 is 0 Å². The Hall–Kier alpha value is -0.900. The lowest BCUT2D eigenvalue weighted by Crippen LogP contribution is -2.17. The molecule has 1 N–H and O–H groups in total. The van der Waals surface area contributed by atoms with Gasteiger partial charge in [-0.1, -0.05) is 6.92 Å². The Morgan fingerprint density at radius 3 is 3.00 bits per heavy atom. The first-order valence-corrected chi connectivity index (χ1v) is 4.34. The van der Waals surface area contributed by atoms with Gasteiger partial charge in [0.1, 0.15) is 12.2 Å². The fourth-order valence-electron chi connectivity index (χ4n) is 1.14. The predicted molar refractivity (Wildman–Crippen MR) is 47.8 cm³/mol. The quantitative estimate of drug-likeness (QED) is 0.728. The van der Waals surface area contributed by atoms with Crippen molar-refractivity contribution in [2.75, 3.05) is 7.05 Å². The van der Waals surface area contributed by atoms with Gasteiger partial charge in [0.15, 0.2) is 0 Å². The molecule has 0 spiro atoms. The van der Waals surface area contributed by atoms with Crippen molar-refractivity contribution in [1.29, 1.82) is 0 Å². The number of hydrogen-bond donors (Lipinski definition) is 1. The Labute approximate surface area is 73.0 Å². The second kappa shape index (κ2) is 4.21. The van der Waals surface area contributed by atoms with Crippen LogP contribution in [0.4, 0.5) is 0 Å². The first kappa shape index (κ1) is 9.19. The van der Waals surface area contributed by atoms with Crippen LogP contribution in [0.15, 0.2) is 6.33 Å². The Morgan fingerprint density at radius 1 is 1.67 bits per heavy atom. The molecule has 0 saturated carbocycles. The Balaban J connectivity index is 2.76. The second-order valence-electron chi connectivity index (χ2n) is 2.89. The van der Waals surface area contributed by atoms with Crippen LogP contribution in [0.2, 0.25) is 0 Å². The van der Waals surface area contributed by atoms with Crippen molar-refractivity contribution in [2.24, 2.45) is 0 Å². The Morgan fingerprint density at radius 2 is 2.42 bits per heavy atom. The summed E-state index contributed by atoms with van der Waals surface area (Å²) in [5.74, 6) is 1.01. The van der Waals surface area contributed by atoms with Crippen LogP contribution >= 0.6 is 0 Å². The molecule has 1 aromatic rings. The van der Waals surface area contributed by atoms with Gasteiger partial charge in [0.25, 0.3) is 0 Å². The normalized spacial score (nSPS) is 13.2. The minimum atomic E-state index is 0.277. The fourth-order valence-corrected chi connectivity index (χ4v) is 1.14. The summed E-state index contributed by atoms with van der Waals surface area (Å²) < 4.78 is 2.08. The van der Waals surface area contributed by atoms with Gasteiger partial charge in [-0.15, -0.1) is 10.2 Å². The molecule has 1 rings (SSSR count). The third-order valence-corrected chi connectivity index (χ3v) is 1.93. The highest BCUT2D eigenvalue weighted by Crippen LogP contribution is 2.07. The molecule has 0 amide bonds. The minimum Gasteiger partial charge on any atom is -0.316 e. The van der Waals surface area contributed by atoms with E-state index in [1.54, 1.807) is 6.33 Å². The molecule has 1 aromatic heterocycles. The second-order valence-corrected chi connectivity index (χ2v) is 2.89. The van der Waals surface area contributed by atoms with E-state index in [9.17, 15) is 0 Å². The molecular weight excluding hydrogens is 152 g/mol. The van der Waals surface area contributed by atoms with Crippen LogP contribution in [0, 0.1) is 0 Å². The van der Waals surface area contributed by atoms with E-state index >= 15 is 0 Å². The molecule has 0 aliphatic carbocycles. The lowest BCUT2D eigenvalue weighted by molar-refractivity contribution is 0.546. The molecule has 12 heavy (non-hydrogen) atoms. The summed E-state index contributed by atoms with van der Waals surface area (Å²) in [6.07, 6.45) is 2.90. The summed E-state index contributed by atoms with van der Waals surface area (Å²) in [4.78, 5) is 0. The third kappa shape index (κ3) is 1.82. The summed E-state index contributed by atoms with van der Waals surface area (Å²) in [5, 5.41) is 11.1. The van der Waals surface area contributed by atoms with E-state index in [0.717, 1.165) is 18.8 Å². The summed E-state index contributed by atoms with van der Waals surface area (Å²) >= 11 is 0. The maximum atomic E-state index is 4.06. The molecule has 0 aliphatic rings. The van der Waals surface area contributed by atoms with Gasteiger partial charge in [0.2, 0.25) is 0 Å². The van der Waals surface area contributed by atoms with Crippen LogP contribution in [0.1, 0.15) is 32.1 Å². The van der Waals surface area contributed by atoms with Gasteiger partial charge in [-0.25, -0.2) is 0 Å². The van der Waals surface area contributed by atoms with E-state index in [0.29, 0.717) is 0 Å². The molecule has 0 radical (unpaired) electrons. The van der Waals surface area contributed by atoms with Crippen molar-refractivity contribution in [3.8, 4) is 0 Å². The largest absolute Gasteiger partial charge is 0.316 e. The van der Waals surface area contributed by atoms with Crippen LogP contribution in [-0.4, -0.2) is 21.8 Å². The van der Waals surface area contributed by atoms with Gasteiger partial charge in [-0.05, 0) is 20.4 Å². The summed E-state index contributed by atoms with van der Waals surface area (Å²) in [6.45, 7) is 5.22. The van der Waals surface area contributed by atoms with Crippen molar-refractivity contribution in [2.45, 2.75) is 32.9 Å². The fraction of sp³-hybridized carbons (Fsp3) is 0.750.